The first-order chi connectivity index (χ1) is 9.93. The fourth-order valence-electron chi connectivity index (χ4n) is 1.71. The first-order valence-corrected chi connectivity index (χ1v) is 6.53. The second-order valence-corrected chi connectivity index (χ2v) is 4.40. The molecule has 0 fully saturated rings. The van der Waals surface area contributed by atoms with Crippen molar-refractivity contribution in [1.29, 1.82) is 0 Å². The van der Waals surface area contributed by atoms with E-state index in [0.29, 0.717) is 5.56 Å². The first-order valence-electron chi connectivity index (χ1n) is 6.53. The fraction of sp³-hybridized carbons (Fsp3) is 0.357. The smallest absolute Gasteiger partial charge is 0.326 e. The summed E-state index contributed by atoms with van der Waals surface area (Å²) in [5.41, 5.74) is 1.17. The highest BCUT2D eigenvalue weighted by Gasteiger charge is 2.21. The average Bonchev–Trinajstić information content (AvgIpc) is 2.43. The number of carboxylic acids is 2. The summed E-state index contributed by atoms with van der Waals surface area (Å²) in [7, 11) is 0. The average molecular weight is 294 g/mol. The third-order valence-corrected chi connectivity index (χ3v) is 2.78. The molecule has 1 aromatic rings. The lowest BCUT2D eigenvalue weighted by Crippen LogP contribution is -2.41. The van der Waals surface area contributed by atoms with E-state index in [4.69, 9.17) is 10.2 Å². The van der Waals surface area contributed by atoms with Crippen molar-refractivity contribution < 1.29 is 24.6 Å². The molecule has 7 nitrogen and oxygen atoms in total. The molecular weight excluding hydrogens is 276 g/mol. The van der Waals surface area contributed by atoms with E-state index < -0.39 is 23.9 Å². The number of benzene rings is 1. The van der Waals surface area contributed by atoms with Gasteiger partial charge in [-0.25, -0.2) is 4.79 Å². The highest BCUT2D eigenvalue weighted by Crippen LogP contribution is 2.10. The van der Waals surface area contributed by atoms with Crippen molar-refractivity contribution in [1.82, 2.24) is 5.32 Å². The van der Waals surface area contributed by atoms with E-state index in [1.807, 2.05) is 6.92 Å². The largest absolute Gasteiger partial charge is 0.481 e. The Morgan fingerprint density at radius 1 is 1.14 bits per heavy atom. The lowest BCUT2D eigenvalue weighted by atomic mass is 10.1. The van der Waals surface area contributed by atoms with Crippen LogP contribution in [0.2, 0.25) is 0 Å². The van der Waals surface area contributed by atoms with E-state index in [-0.39, 0.29) is 12.8 Å². The van der Waals surface area contributed by atoms with Crippen molar-refractivity contribution in [2.75, 3.05) is 11.9 Å². The van der Waals surface area contributed by atoms with Crippen LogP contribution >= 0.6 is 0 Å². The summed E-state index contributed by atoms with van der Waals surface area (Å²) in [6.45, 7) is 2.70. The quantitative estimate of drug-likeness (QED) is 0.572. The van der Waals surface area contributed by atoms with E-state index in [2.05, 4.69) is 10.6 Å². The number of hydrogen-bond acceptors (Lipinski definition) is 4. The zero-order chi connectivity index (χ0) is 15.8. The summed E-state index contributed by atoms with van der Waals surface area (Å²) in [6.07, 6.45) is -0.484. The molecule has 1 atom stereocenters. The van der Waals surface area contributed by atoms with Crippen molar-refractivity contribution in [2.24, 2.45) is 0 Å². The van der Waals surface area contributed by atoms with Crippen LogP contribution < -0.4 is 10.6 Å². The van der Waals surface area contributed by atoms with Crippen molar-refractivity contribution in [3.05, 3.63) is 29.8 Å². The van der Waals surface area contributed by atoms with Gasteiger partial charge in [-0.05, 0) is 37.6 Å². The van der Waals surface area contributed by atoms with Gasteiger partial charge in [0.05, 0.1) is 0 Å². The van der Waals surface area contributed by atoms with Crippen molar-refractivity contribution in [3.63, 3.8) is 0 Å². The molecule has 0 aliphatic heterocycles. The van der Waals surface area contributed by atoms with Gasteiger partial charge in [0.1, 0.15) is 6.04 Å². The molecule has 0 radical (unpaired) electrons. The summed E-state index contributed by atoms with van der Waals surface area (Å²) in [4.78, 5) is 33.4. The summed E-state index contributed by atoms with van der Waals surface area (Å²) in [5, 5.41) is 22.9. The molecular formula is C14H18N2O5. The number of anilines is 1. The highest BCUT2D eigenvalue weighted by molar-refractivity contribution is 5.96. The molecule has 0 spiro atoms. The number of amides is 1. The molecule has 1 amide bonds. The second-order valence-electron chi connectivity index (χ2n) is 4.40. The summed E-state index contributed by atoms with van der Waals surface area (Å²) >= 11 is 0. The molecule has 0 unspecified atom stereocenters. The van der Waals surface area contributed by atoms with Crippen LogP contribution in [0, 0.1) is 0 Å². The number of nitrogens with one attached hydrogen (secondary N) is 2. The molecule has 114 valence electrons. The van der Waals surface area contributed by atoms with Crippen molar-refractivity contribution in [2.45, 2.75) is 25.8 Å². The van der Waals surface area contributed by atoms with Crippen molar-refractivity contribution >= 4 is 23.5 Å². The minimum absolute atomic E-state index is 0.161. The lowest BCUT2D eigenvalue weighted by Gasteiger charge is -2.13. The van der Waals surface area contributed by atoms with Gasteiger partial charge < -0.3 is 20.8 Å². The monoisotopic (exact) mass is 294 g/mol. The number of carbonyl (C=O) groups is 3. The Kier molecular flexibility index (Phi) is 6.19. The maximum Gasteiger partial charge on any atom is 0.326 e. The van der Waals surface area contributed by atoms with Crippen LogP contribution in [0.4, 0.5) is 5.69 Å². The Balaban J connectivity index is 2.67. The molecule has 21 heavy (non-hydrogen) atoms. The van der Waals surface area contributed by atoms with Crippen LogP contribution in [-0.2, 0) is 9.59 Å². The number of rotatable bonds is 8. The molecule has 7 heteroatoms. The molecule has 0 bridgehead atoms. The molecule has 0 aliphatic carbocycles. The maximum absolute atomic E-state index is 11.9. The van der Waals surface area contributed by atoms with Gasteiger partial charge in [0.2, 0.25) is 0 Å². The Hall–Kier alpha value is -2.57. The van der Waals surface area contributed by atoms with Crippen LogP contribution in [0.25, 0.3) is 0 Å². The Labute approximate surface area is 122 Å². The second kappa shape index (κ2) is 7.88. The standard InChI is InChI=1S/C14H18N2O5/c1-2-15-10-5-3-9(4-6-10)13(19)16-11(14(20)21)7-8-12(17)18/h3-6,11,15H,2,7-8H2,1H3,(H,16,19)(H,17,18)(H,20,21)/t11-/m0/s1. The van der Waals surface area contributed by atoms with E-state index in [9.17, 15) is 14.4 Å². The predicted molar refractivity (Wildman–Crippen MR) is 76.4 cm³/mol. The Morgan fingerprint density at radius 3 is 2.24 bits per heavy atom. The van der Waals surface area contributed by atoms with Gasteiger partial charge in [0.25, 0.3) is 5.91 Å². The summed E-state index contributed by atoms with van der Waals surface area (Å²) in [6, 6.07) is 5.35. The van der Waals surface area contributed by atoms with E-state index in [1.54, 1.807) is 24.3 Å². The number of hydrogen-bond donors (Lipinski definition) is 4. The molecule has 0 heterocycles. The van der Waals surface area contributed by atoms with Crippen LogP contribution in [0.3, 0.4) is 0 Å². The molecule has 1 aromatic carbocycles. The number of aliphatic carboxylic acids is 2. The topological polar surface area (TPSA) is 116 Å². The van der Waals surface area contributed by atoms with Crippen molar-refractivity contribution in [3.8, 4) is 0 Å². The lowest BCUT2D eigenvalue weighted by molar-refractivity contribution is -0.140. The zero-order valence-corrected chi connectivity index (χ0v) is 11.6. The summed E-state index contributed by atoms with van der Waals surface area (Å²) < 4.78 is 0. The summed E-state index contributed by atoms with van der Waals surface area (Å²) in [5.74, 6) is -2.91. The Bertz CT molecular complexity index is 513. The van der Waals surface area contributed by atoms with Gasteiger partial charge >= 0.3 is 11.9 Å². The van der Waals surface area contributed by atoms with Gasteiger partial charge in [-0.2, -0.15) is 0 Å². The van der Waals surface area contributed by atoms with E-state index >= 15 is 0 Å². The van der Waals surface area contributed by atoms with Gasteiger partial charge in [0, 0.05) is 24.2 Å². The van der Waals surface area contributed by atoms with Gasteiger partial charge in [0.15, 0.2) is 0 Å². The van der Waals surface area contributed by atoms with Crippen LogP contribution in [0.1, 0.15) is 30.1 Å². The minimum atomic E-state index is -1.26. The third-order valence-electron chi connectivity index (χ3n) is 2.78. The Morgan fingerprint density at radius 2 is 1.76 bits per heavy atom. The van der Waals surface area contributed by atoms with Crippen LogP contribution in [0.5, 0.6) is 0 Å². The van der Waals surface area contributed by atoms with Crippen LogP contribution in [-0.4, -0.2) is 40.6 Å². The molecule has 0 saturated heterocycles. The normalized spacial score (nSPS) is 11.5. The SMILES string of the molecule is CCNc1ccc(C(=O)N[C@@H](CCC(=O)O)C(=O)O)cc1. The molecule has 1 rings (SSSR count). The van der Waals surface area contributed by atoms with Crippen LogP contribution in [0.15, 0.2) is 24.3 Å². The van der Waals surface area contributed by atoms with Gasteiger partial charge in [-0.3, -0.25) is 9.59 Å². The maximum atomic E-state index is 11.9. The molecule has 0 saturated carbocycles. The number of carboxylic acid groups (broad SMARTS) is 2. The number of carbonyl (C=O) groups excluding carboxylic acids is 1. The van der Waals surface area contributed by atoms with E-state index in [0.717, 1.165) is 12.2 Å². The molecule has 4 N–H and O–H groups in total. The fourth-order valence-corrected chi connectivity index (χ4v) is 1.71. The molecule has 0 aliphatic rings. The predicted octanol–water partition coefficient (Wildman–Crippen LogP) is 1.17. The minimum Gasteiger partial charge on any atom is -0.481 e. The third kappa shape index (κ3) is 5.52. The van der Waals surface area contributed by atoms with Gasteiger partial charge in [-0.1, -0.05) is 0 Å². The zero-order valence-electron chi connectivity index (χ0n) is 11.6. The first kappa shape index (κ1) is 16.5. The molecule has 0 aromatic heterocycles. The van der Waals surface area contributed by atoms with E-state index in [1.165, 1.54) is 0 Å². The van der Waals surface area contributed by atoms with Gasteiger partial charge in [-0.15, -0.1) is 0 Å². The highest BCUT2D eigenvalue weighted by atomic mass is 16.4.